The van der Waals surface area contributed by atoms with Crippen molar-refractivity contribution in [2.75, 3.05) is 11.5 Å². The first-order valence-electron chi connectivity index (χ1n) is 4.85. The van der Waals surface area contributed by atoms with Crippen LogP contribution >= 0.6 is 0 Å². The highest BCUT2D eigenvalue weighted by Gasteiger charge is 2.24. The van der Waals surface area contributed by atoms with Gasteiger partial charge in [-0.25, -0.2) is 8.42 Å². The molecule has 1 aromatic heterocycles. The van der Waals surface area contributed by atoms with Crippen LogP contribution in [0.15, 0.2) is 10.9 Å². The third-order valence-corrected chi connectivity index (χ3v) is 4.24. The van der Waals surface area contributed by atoms with E-state index >= 15 is 0 Å². The third-order valence-electron chi connectivity index (χ3n) is 2.42. The first-order valence-corrected chi connectivity index (χ1v) is 6.67. The van der Waals surface area contributed by atoms with Crippen molar-refractivity contribution >= 4 is 9.84 Å². The fraction of sp³-hybridized carbons (Fsp3) is 0.750. The molecule has 7 heteroatoms. The van der Waals surface area contributed by atoms with E-state index in [1.807, 2.05) is 0 Å². The first-order chi connectivity index (χ1) is 7.16. The van der Waals surface area contributed by atoms with E-state index in [-0.39, 0.29) is 11.8 Å². The van der Waals surface area contributed by atoms with Crippen LogP contribution in [0, 0.1) is 0 Å². The Labute approximate surface area is 88.0 Å². The molecule has 1 N–H and O–H groups in total. The van der Waals surface area contributed by atoms with Gasteiger partial charge in [-0.2, -0.15) is 4.98 Å². The molecular formula is C8H13N3O3S. The van der Waals surface area contributed by atoms with E-state index in [1.54, 1.807) is 0 Å². The van der Waals surface area contributed by atoms with Crippen LogP contribution in [-0.2, 0) is 16.4 Å². The van der Waals surface area contributed by atoms with Crippen LogP contribution in [-0.4, -0.2) is 36.1 Å². The molecule has 1 fully saturated rings. The maximum absolute atomic E-state index is 11.3. The van der Waals surface area contributed by atoms with Crippen molar-refractivity contribution in [3.05, 3.63) is 12.2 Å². The molecule has 1 aromatic rings. The molecule has 2 heterocycles. The summed E-state index contributed by atoms with van der Waals surface area (Å²) in [7, 11) is -2.85. The van der Waals surface area contributed by atoms with Crippen LogP contribution in [0.4, 0.5) is 0 Å². The molecule has 0 saturated carbocycles. The zero-order valence-electron chi connectivity index (χ0n) is 8.22. The normalized spacial score (nSPS) is 25.2. The highest BCUT2D eigenvalue weighted by atomic mass is 32.2. The quantitative estimate of drug-likeness (QED) is 0.771. The number of nitrogens with zero attached hydrogens (tertiary/aromatic N) is 2. The summed E-state index contributed by atoms with van der Waals surface area (Å²) >= 11 is 0. The fourth-order valence-electron chi connectivity index (χ4n) is 1.69. The molecule has 6 nitrogen and oxygen atoms in total. The lowest BCUT2D eigenvalue weighted by Gasteiger charge is -2.22. The smallest absolute Gasteiger partial charge is 0.213 e. The second-order valence-corrected chi connectivity index (χ2v) is 5.91. The second kappa shape index (κ2) is 4.28. The van der Waals surface area contributed by atoms with Gasteiger partial charge in [0.2, 0.25) is 6.39 Å². The average molecular weight is 231 g/mol. The summed E-state index contributed by atoms with van der Waals surface area (Å²) in [4.78, 5) is 3.85. The lowest BCUT2D eigenvalue weighted by Crippen LogP contribution is -2.39. The molecule has 0 aromatic carbocycles. The van der Waals surface area contributed by atoms with Crippen molar-refractivity contribution in [2.24, 2.45) is 0 Å². The summed E-state index contributed by atoms with van der Waals surface area (Å²) in [6.07, 6.45) is 2.87. The maximum atomic E-state index is 11.3. The van der Waals surface area contributed by atoms with Gasteiger partial charge in [0.05, 0.1) is 18.1 Å². The molecule has 0 radical (unpaired) electrons. The molecule has 1 saturated heterocycles. The van der Waals surface area contributed by atoms with E-state index < -0.39 is 9.84 Å². The zero-order valence-corrected chi connectivity index (χ0v) is 9.03. The number of nitrogens with one attached hydrogen (secondary N) is 1. The highest BCUT2D eigenvalue weighted by Crippen LogP contribution is 2.12. The molecule has 1 aliphatic rings. The van der Waals surface area contributed by atoms with Crippen molar-refractivity contribution in [3.8, 4) is 0 Å². The Morgan fingerprint density at radius 1 is 1.60 bits per heavy atom. The molecule has 0 bridgehead atoms. The first kappa shape index (κ1) is 10.6. The Morgan fingerprint density at radius 2 is 2.47 bits per heavy atom. The zero-order chi connectivity index (χ0) is 10.7. The molecular weight excluding hydrogens is 218 g/mol. The van der Waals surface area contributed by atoms with Crippen molar-refractivity contribution in [2.45, 2.75) is 25.4 Å². The van der Waals surface area contributed by atoms with Gasteiger partial charge in [-0.05, 0) is 12.8 Å². The van der Waals surface area contributed by atoms with Crippen LogP contribution in [0.3, 0.4) is 0 Å². The summed E-state index contributed by atoms with van der Waals surface area (Å²) in [6.45, 7) is 0.455. The molecule has 1 unspecified atom stereocenters. The molecule has 0 aliphatic carbocycles. The minimum atomic E-state index is -2.85. The molecule has 15 heavy (non-hydrogen) atoms. The summed E-state index contributed by atoms with van der Waals surface area (Å²) in [5, 5.41) is 6.75. The average Bonchev–Trinajstić information content (AvgIpc) is 2.65. The SMILES string of the molecule is O=S1(=O)CCCC(NCc2ncon2)C1. The summed E-state index contributed by atoms with van der Waals surface area (Å²) < 4.78 is 27.2. The number of hydrogen-bond acceptors (Lipinski definition) is 6. The van der Waals surface area contributed by atoms with Crippen molar-refractivity contribution in [1.82, 2.24) is 15.5 Å². The molecule has 0 amide bonds. The van der Waals surface area contributed by atoms with Gasteiger partial charge in [0, 0.05) is 6.04 Å². The van der Waals surface area contributed by atoms with E-state index in [0.717, 1.165) is 12.8 Å². The van der Waals surface area contributed by atoms with Crippen molar-refractivity contribution in [1.29, 1.82) is 0 Å². The predicted octanol–water partition coefficient (Wildman–Crippen LogP) is -0.264. The van der Waals surface area contributed by atoms with E-state index in [1.165, 1.54) is 6.39 Å². The van der Waals surface area contributed by atoms with Crippen LogP contribution in [0.1, 0.15) is 18.7 Å². The van der Waals surface area contributed by atoms with Crippen LogP contribution in [0.5, 0.6) is 0 Å². The summed E-state index contributed by atoms with van der Waals surface area (Å²) in [6, 6.07) is 0.0160. The number of sulfone groups is 1. The fourth-order valence-corrected chi connectivity index (χ4v) is 3.36. The monoisotopic (exact) mass is 231 g/mol. The van der Waals surface area contributed by atoms with E-state index in [9.17, 15) is 8.42 Å². The largest absolute Gasteiger partial charge is 0.343 e. The minimum Gasteiger partial charge on any atom is -0.343 e. The Balaban J connectivity index is 1.85. The maximum Gasteiger partial charge on any atom is 0.213 e. The molecule has 2 rings (SSSR count). The topological polar surface area (TPSA) is 85.1 Å². The summed E-state index contributed by atoms with van der Waals surface area (Å²) in [5.41, 5.74) is 0. The standard InChI is InChI=1S/C8H13N3O3S/c12-15(13)3-1-2-7(5-15)9-4-8-10-6-14-11-8/h6-7,9H,1-5H2. The van der Waals surface area contributed by atoms with E-state index in [0.29, 0.717) is 18.1 Å². The predicted molar refractivity (Wildman–Crippen MR) is 52.8 cm³/mol. The second-order valence-electron chi connectivity index (χ2n) is 3.68. The van der Waals surface area contributed by atoms with Crippen LogP contribution in [0.25, 0.3) is 0 Å². The summed E-state index contributed by atoms with van der Waals surface area (Å²) in [5.74, 6) is 1.08. The van der Waals surface area contributed by atoms with Gasteiger partial charge in [-0.3, -0.25) is 0 Å². The molecule has 1 aliphatic heterocycles. The Bertz CT molecular complexity index is 401. The number of aromatic nitrogens is 2. The van der Waals surface area contributed by atoms with E-state index in [4.69, 9.17) is 0 Å². The van der Waals surface area contributed by atoms with Crippen LogP contribution < -0.4 is 5.32 Å². The van der Waals surface area contributed by atoms with Gasteiger partial charge < -0.3 is 9.84 Å². The lowest BCUT2D eigenvalue weighted by atomic mass is 10.2. The van der Waals surface area contributed by atoms with Gasteiger partial charge in [0.15, 0.2) is 15.7 Å². The van der Waals surface area contributed by atoms with Gasteiger partial charge in [-0.1, -0.05) is 5.16 Å². The lowest BCUT2D eigenvalue weighted by molar-refractivity contribution is 0.402. The highest BCUT2D eigenvalue weighted by molar-refractivity contribution is 7.91. The minimum absolute atomic E-state index is 0.0160. The molecule has 0 spiro atoms. The molecule has 1 atom stereocenters. The third kappa shape index (κ3) is 3.00. The van der Waals surface area contributed by atoms with Crippen molar-refractivity contribution in [3.63, 3.8) is 0 Å². The van der Waals surface area contributed by atoms with Crippen LogP contribution in [0.2, 0.25) is 0 Å². The number of hydrogen-bond donors (Lipinski definition) is 1. The Kier molecular flexibility index (Phi) is 3.01. The van der Waals surface area contributed by atoms with Gasteiger partial charge >= 0.3 is 0 Å². The van der Waals surface area contributed by atoms with E-state index in [2.05, 4.69) is 20.0 Å². The van der Waals surface area contributed by atoms with Gasteiger partial charge in [0.25, 0.3) is 0 Å². The molecule has 84 valence electrons. The van der Waals surface area contributed by atoms with Crippen molar-refractivity contribution < 1.29 is 12.9 Å². The Morgan fingerprint density at radius 3 is 3.13 bits per heavy atom. The van der Waals surface area contributed by atoms with Gasteiger partial charge in [0.1, 0.15) is 0 Å². The Hall–Kier alpha value is -0.950. The number of rotatable bonds is 3. The van der Waals surface area contributed by atoms with Gasteiger partial charge in [-0.15, -0.1) is 0 Å².